The normalized spacial score (nSPS) is 34.1. The van der Waals surface area contributed by atoms with Crippen LogP contribution in [0.15, 0.2) is 46.6 Å². The molecule has 2 aliphatic carbocycles. The molecular formula is C16H18O4. The predicted octanol–water partition coefficient (Wildman–Crippen LogP) is 1.56. The zero-order chi connectivity index (χ0) is 14.1. The molecule has 0 saturated carbocycles. The second-order valence-corrected chi connectivity index (χ2v) is 5.30. The van der Waals surface area contributed by atoms with Crippen molar-refractivity contribution in [1.82, 2.24) is 0 Å². The Morgan fingerprint density at radius 1 is 1.20 bits per heavy atom. The Morgan fingerprint density at radius 2 is 1.85 bits per heavy atom. The van der Waals surface area contributed by atoms with Gasteiger partial charge in [-0.1, -0.05) is 24.3 Å². The van der Waals surface area contributed by atoms with Gasteiger partial charge in [0.25, 0.3) is 0 Å². The average molecular weight is 274 g/mol. The molecule has 0 spiro atoms. The van der Waals surface area contributed by atoms with Gasteiger partial charge in [0.05, 0.1) is 12.2 Å². The molecule has 106 valence electrons. The Bertz CT molecular complexity index is 551. The molecule has 0 aromatic heterocycles. The molecule has 3 aliphatic rings. The molecule has 1 saturated heterocycles. The largest absolute Gasteiger partial charge is 0.451 e. The molecule has 2 atom stereocenters. The van der Waals surface area contributed by atoms with E-state index in [0.29, 0.717) is 5.57 Å². The molecule has 4 nitrogen and oxygen atoms in total. The van der Waals surface area contributed by atoms with E-state index in [1.807, 2.05) is 18.2 Å². The Labute approximate surface area is 117 Å². The number of rotatable bonds is 2. The molecule has 1 unspecified atom stereocenters. The summed E-state index contributed by atoms with van der Waals surface area (Å²) in [6.45, 7) is -0.420. The van der Waals surface area contributed by atoms with E-state index in [0.717, 1.165) is 42.4 Å². The fourth-order valence-electron chi connectivity index (χ4n) is 3.03. The zero-order valence-electron chi connectivity index (χ0n) is 11.2. The number of aliphatic hydroxyl groups is 2. The summed E-state index contributed by atoms with van der Waals surface area (Å²) in [5, 5.41) is 19.1. The third-order valence-electron chi connectivity index (χ3n) is 3.99. The number of allylic oxidation sites excluding steroid dienone is 6. The minimum Gasteiger partial charge on any atom is -0.451 e. The van der Waals surface area contributed by atoms with Crippen molar-refractivity contribution in [3.05, 3.63) is 46.6 Å². The molecule has 4 heteroatoms. The summed E-state index contributed by atoms with van der Waals surface area (Å²) in [7, 11) is 0. The molecular weight excluding hydrogens is 256 g/mol. The maximum Gasteiger partial charge on any atom is 0.339 e. The van der Waals surface area contributed by atoms with E-state index in [-0.39, 0.29) is 5.97 Å². The number of aliphatic hydroxyl groups excluding tert-OH is 2. The van der Waals surface area contributed by atoms with Crippen LogP contribution in [-0.4, -0.2) is 35.0 Å². The summed E-state index contributed by atoms with van der Waals surface area (Å²) < 4.78 is 5.33. The SMILES string of the molecule is O=C1OC([C@H](O)CO)C(=C2\C=CCC2)/C1=C1/C=CCC1. The van der Waals surface area contributed by atoms with Gasteiger partial charge in [-0.25, -0.2) is 4.79 Å². The monoisotopic (exact) mass is 274 g/mol. The van der Waals surface area contributed by atoms with E-state index in [9.17, 15) is 15.0 Å². The third kappa shape index (κ3) is 2.15. The van der Waals surface area contributed by atoms with E-state index in [1.165, 1.54) is 0 Å². The van der Waals surface area contributed by atoms with Crippen LogP contribution in [0.1, 0.15) is 25.7 Å². The van der Waals surface area contributed by atoms with Gasteiger partial charge in [0.1, 0.15) is 6.10 Å². The van der Waals surface area contributed by atoms with Crippen molar-refractivity contribution in [1.29, 1.82) is 0 Å². The maximum atomic E-state index is 12.2. The number of cyclic esters (lactones) is 1. The topological polar surface area (TPSA) is 66.8 Å². The lowest BCUT2D eigenvalue weighted by atomic mass is 9.90. The molecule has 20 heavy (non-hydrogen) atoms. The summed E-state index contributed by atoms with van der Waals surface area (Å²) in [4.78, 5) is 12.2. The third-order valence-corrected chi connectivity index (χ3v) is 3.99. The number of ether oxygens (including phenoxy) is 1. The van der Waals surface area contributed by atoms with Gasteiger partial charge in [0.15, 0.2) is 6.10 Å². The fraction of sp³-hybridized carbons (Fsp3) is 0.438. The van der Waals surface area contributed by atoms with Crippen LogP contribution >= 0.6 is 0 Å². The van der Waals surface area contributed by atoms with Crippen molar-refractivity contribution in [2.24, 2.45) is 0 Å². The molecule has 0 amide bonds. The highest BCUT2D eigenvalue weighted by Gasteiger charge is 2.41. The summed E-state index contributed by atoms with van der Waals surface area (Å²) in [5.74, 6) is -0.383. The van der Waals surface area contributed by atoms with E-state index in [1.54, 1.807) is 0 Å². The molecule has 0 aromatic rings. The lowest BCUT2D eigenvalue weighted by molar-refractivity contribution is -0.143. The Balaban J connectivity index is 2.11. The van der Waals surface area contributed by atoms with Gasteiger partial charge in [0, 0.05) is 5.57 Å². The van der Waals surface area contributed by atoms with Crippen LogP contribution in [0.3, 0.4) is 0 Å². The van der Waals surface area contributed by atoms with E-state index in [4.69, 9.17) is 4.74 Å². The fourth-order valence-corrected chi connectivity index (χ4v) is 3.03. The zero-order valence-corrected chi connectivity index (χ0v) is 11.2. The Morgan fingerprint density at radius 3 is 2.40 bits per heavy atom. The number of hydrogen-bond donors (Lipinski definition) is 2. The predicted molar refractivity (Wildman–Crippen MR) is 73.8 cm³/mol. The number of carbonyl (C=O) groups is 1. The van der Waals surface area contributed by atoms with Crippen LogP contribution in [0.5, 0.6) is 0 Å². The number of carbonyl (C=O) groups excluding carboxylic acids is 1. The van der Waals surface area contributed by atoms with Gasteiger partial charge >= 0.3 is 5.97 Å². The molecule has 1 fully saturated rings. The van der Waals surface area contributed by atoms with E-state index in [2.05, 4.69) is 6.08 Å². The van der Waals surface area contributed by atoms with Gasteiger partial charge in [-0.15, -0.1) is 0 Å². The van der Waals surface area contributed by atoms with Crippen molar-refractivity contribution in [3.63, 3.8) is 0 Å². The second kappa shape index (κ2) is 5.38. The first kappa shape index (κ1) is 13.3. The minimum absolute atomic E-state index is 0.383. The standard InChI is InChI=1S/C16H18O4/c17-9-12(18)15-13(10-5-1-2-6-10)14(16(19)20-15)11-7-3-4-8-11/h1,3,5,7,12,15,17-18H,2,4,6,8-9H2/b13-10+,14-11+/t12-,15?/m1/s1. The highest BCUT2D eigenvalue weighted by molar-refractivity contribution is 5.99. The first-order chi connectivity index (χ1) is 9.72. The average Bonchev–Trinajstić information content (AvgIpc) is 3.16. The Kier molecular flexibility index (Phi) is 3.59. The van der Waals surface area contributed by atoms with Crippen LogP contribution in [-0.2, 0) is 9.53 Å². The van der Waals surface area contributed by atoms with Crippen LogP contribution in [0.4, 0.5) is 0 Å². The summed E-state index contributed by atoms with van der Waals surface area (Å²) >= 11 is 0. The van der Waals surface area contributed by atoms with Gasteiger partial charge in [-0.2, -0.15) is 0 Å². The van der Waals surface area contributed by atoms with Gasteiger partial charge in [0.2, 0.25) is 0 Å². The van der Waals surface area contributed by atoms with Crippen molar-refractivity contribution >= 4 is 5.97 Å². The van der Waals surface area contributed by atoms with Crippen molar-refractivity contribution < 1.29 is 19.7 Å². The quantitative estimate of drug-likeness (QED) is 0.592. The summed E-state index contributed by atoms with van der Waals surface area (Å²) in [6.07, 6.45) is 9.77. The minimum atomic E-state index is -1.07. The lowest BCUT2D eigenvalue weighted by Crippen LogP contribution is -2.30. The second-order valence-electron chi connectivity index (χ2n) is 5.30. The van der Waals surface area contributed by atoms with E-state index >= 15 is 0 Å². The maximum absolute atomic E-state index is 12.2. The van der Waals surface area contributed by atoms with Crippen molar-refractivity contribution in [2.45, 2.75) is 37.9 Å². The van der Waals surface area contributed by atoms with E-state index < -0.39 is 18.8 Å². The highest BCUT2D eigenvalue weighted by Crippen LogP contribution is 2.39. The first-order valence-corrected chi connectivity index (χ1v) is 7.02. The van der Waals surface area contributed by atoms with Gasteiger partial charge in [-0.05, 0) is 36.8 Å². The van der Waals surface area contributed by atoms with Crippen LogP contribution in [0.2, 0.25) is 0 Å². The van der Waals surface area contributed by atoms with Crippen molar-refractivity contribution in [3.8, 4) is 0 Å². The first-order valence-electron chi connectivity index (χ1n) is 7.02. The molecule has 3 rings (SSSR count). The summed E-state index contributed by atoms with van der Waals surface area (Å²) in [5.41, 5.74) is 3.38. The molecule has 0 aromatic carbocycles. The summed E-state index contributed by atoms with van der Waals surface area (Å²) in [6, 6.07) is 0. The van der Waals surface area contributed by atoms with Crippen LogP contribution in [0, 0.1) is 0 Å². The highest BCUT2D eigenvalue weighted by atomic mass is 16.6. The van der Waals surface area contributed by atoms with Crippen LogP contribution in [0.25, 0.3) is 0 Å². The molecule has 0 bridgehead atoms. The molecule has 0 radical (unpaired) electrons. The molecule has 2 N–H and O–H groups in total. The Hall–Kier alpha value is -1.65. The number of esters is 1. The van der Waals surface area contributed by atoms with Gasteiger partial charge < -0.3 is 14.9 Å². The van der Waals surface area contributed by atoms with Gasteiger partial charge in [-0.3, -0.25) is 0 Å². The smallest absolute Gasteiger partial charge is 0.339 e. The van der Waals surface area contributed by atoms with Crippen molar-refractivity contribution in [2.75, 3.05) is 6.61 Å². The van der Waals surface area contributed by atoms with Crippen LogP contribution < -0.4 is 0 Å². The number of hydrogen-bond acceptors (Lipinski definition) is 4. The molecule has 1 aliphatic heterocycles. The molecule has 1 heterocycles. The lowest BCUT2D eigenvalue weighted by Gasteiger charge is -2.17.